The number of imidazole rings is 1. The highest BCUT2D eigenvalue weighted by atomic mass is 16.3. The summed E-state index contributed by atoms with van der Waals surface area (Å²) in [6, 6.07) is 0.578. The van der Waals surface area contributed by atoms with E-state index in [2.05, 4.69) is 20.2 Å². The molecule has 1 saturated heterocycles. The third-order valence-corrected chi connectivity index (χ3v) is 3.01. The van der Waals surface area contributed by atoms with Gasteiger partial charge in [-0.1, -0.05) is 0 Å². The summed E-state index contributed by atoms with van der Waals surface area (Å²) in [5.74, 6) is 0. The van der Waals surface area contributed by atoms with Crippen molar-refractivity contribution in [2.24, 2.45) is 0 Å². The molecule has 0 amide bonds. The number of aliphatic hydroxyl groups is 1. The van der Waals surface area contributed by atoms with Crippen molar-refractivity contribution in [3.63, 3.8) is 0 Å². The molecule has 3 N–H and O–H groups in total. The maximum Gasteiger partial charge on any atom is 0.0922 e. The van der Waals surface area contributed by atoms with E-state index >= 15 is 0 Å². The fourth-order valence-electron chi connectivity index (χ4n) is 2.21. The van der Waals surface area contributed by atoms with E-state index in [-0.39, 0.29) is 6.61 Å². The summed E-state index contributed by atoms with van der Waals surface area (Å²) >= 11 is 0. The Morgan fingerprint density at radius 2 is 2.50 bits per heavy atom. The van der Waals surface area contributed by atoms with E-state index in [0.29, 0.717) is 6.04 Å². The van der Waals surface area contributed by atoms with E-state index in [9.17, 15) is 0 Å². The fourth-order valence-corrected chi connectivity index (χ4v) is 2.21. The number of aromatic amines is 1. The number of nitrogens with zero attached hydrogens (tertiary/aromatic N) is 2. The zero-order chi connectivity index (χ0) is 11.2. The Bertz CT molecular complexity index is 282. The Hall–Kier alpha value is -0.910. The largest absolute Gasteiger partial charge is 0.395 e. The minimum absolute atomic E-state index is 0.209. The van der Waals surface area contributed by atoms with E-state index in [0.717, 1.165) is 31.9 Å². The van der Waals surface area contributed by atoms with Crippen molar-refractivity contribution in [1.82, 2.24) is 20.2 Å². The van der Waals surface area contributed by atoms with Crippen LogP contribution in [0.4, 0.5) is 0 Å². The summed E-state index contributed by atoms with van der Waals surface area (Å²) in [7, 11) is 0. The zero-order valence-electron chi connectivity index (χ0n) is 9.52. The smallest absolute Gasteiger partial charge is 0.0922 e. The van der Waals surface area contributed by atoms with Crippen LogP contribution in [0.5, 0.6) is 0 Å². The number of aromatic nitrogens is 2. The van der Waals surface area contributed by atoms with Crippen LogP contribution in [0.3, 0.4) is 0 Å². The van der Waals surface area contributed by atoms with Gasteiger partial charge >= 0.3 is 0 Å². The Labute approximate surface area is 95.9 Å². The summed E-state index contributed by atoms with van der Waals surface area (Å²) in [6.45, 7) is 3.89. The van der Waals surface area contributed by atoms with Gasteiger partial charge in [-0.05, 0) is 19.4 Å². The minimum atomic E-state index is 0.209. The average Bonchev–Trinajstić information content (AvgIpc) is 2.91. The van der Waals surface area contributed by atoms with Gasteiger partial charge in [-0.15, -0.1) is 0 Å². The Morgan fingerprint density at radius 3 is 3.12 bits per heavy atom. The molecule has 1 aromatic rings. The number of hydrogen-bond acceptors (Lipinski definition) is 4. The molecule has 0 saturated carbocycles. The molecule has 1 aromatic heterocycles. The summed E-state index contributed by atoms with van der Waals surface area (Å²) in [5, 5.41) is 12.5. The minimum Gasteiger partial charge on any atom is -0.395 e. The van der Waals surface area contributed by atoms with E-state index in [4.69, 9.17) is 5.11 Å². The molecule has 0 aromatic carbocycles. The maximum atomic E-state index is 9.05. The van der Waals surface area contributed by atoms with E-state index < -0.39 is 0 Å². The number of hydrogen-bond donors (Lipinski definition) is 3. The lowest BCUT2D eigenvalue weighted by Crippen LogP contribution is -2.38. The van der Waals surface area contributed by atoms with Crippen molar-refractivity contribution in [2.45, 2.75) is 25.4 Å². The van der Waals surface area contributed by atoms with Crippen molar-refractivity contribution in [2.75, 3.05) is 26.2 Å². The summed E-state index contributed by atoms with van der Waals surface area (Å²) in [5.41, 5.74) is 1.10. The predicted octanol–water partition coefficient (Wildman–Crippen LogP) is -0.0440. The molecule has 1 unspecified atom stereocenters. The third kappa shape index (κ3) is 3.30. The summed E-state index contributed by atoms with van der Waals surface area (Å²) < 4.78 is 0. The van der Waals surface area contributed by atoms with Crippen LogP contribution in [-0.2, 0) is 6.54 Å². The van der Waals surface area contributed by atoms with Gasteiger partial charge in [0.25, 0.3) is 0 Å². The van der Waals surface area contributed by atoms with Crippen LogP contribution in [0, 0.1) is 0 Å². The van der Waals surface area contributed by atoms with Gasteiger partial charge in [0.05, 0.1) is 12.9 Å². The monoisotopic (exact) mass is 224 g/mol. The quantitative estimate of drug-likeness (QED) is 0.634. The van der Waals surface area contributed by atoms with Gasteiger partial charge in [0, 0.05) is 37.6 Å². The lowest BCUT2D eigenvalue weighted by Gasteiger charge is -2.24. The summed E-state index contributed by atoms with van der Waals surface area (Å²) in [4.78, 5) is 9.36. The highest BCUT2D eigenvalue weighted by molar-refractivity contribution is 4.94. The molecule has 1 aliphatic heterocycles. The van der Waals surface area contributed by atoms with Gasteiger partial charge in [-0.2, -0.15) is 0 Å². The SMILES string of the molecule is OCCN(Cc1cnc[nH]1)CC1CCCN1. The normalized spacial score (nSPS) is 20.8. The van der Waals surface area contributed by atoms with Gasteiger partial charge in [0.2, 0.25) is 0 Å². The lowest BCUT2D eigenvalue weighted by atomic mass is 10.2. The molecule has 1 aliphatic rings. The van der Waals surface area contributed by atoms with Gasteiger partial charge in [0.15, 0.2) is 0 Å². The molecule has 1 atom stereocenters. The second kappa shape index (κ2) is 5.98. The van der Waals surface area contributed by atoms with Crippen LogP contribution < -0.4 is 5.32 Å². The topological polar surface area (TPSA) is 64.2 Å². The van der Waals surface area contributed by atoms with Crippen LogP contribution in [0.25, 0.3) is 0 Å². The van der Waals surface area contributed by atoms with Crippen LogP contribution in [0.15, 0.2) is 12.5 Å². The number of rotatable bonds is 6. The average molecular weight is 224 g/mol. The van der Waals surface area contributed by atoms with Gasteiger partial charge in [-0.25, -0.2) is 4.98 Å². The molecule has 0 aliphatic carbocycles. The molecule has 1 fully saturated rings. The number of aliphatic hydroxyl groups excluding tert-OH is 1. The number of nitrogens with one attached hydrogen (secondary N) is 2. The molecule has 0 spiro atoms. The fraction of sp³-hybridized carbons (Fsp3) is 0.727. The van der Waals surface area contributed by atoms with Crippen molar-refractivity contribution >= 4 is 0 Å². The molecule has 0 bridgehead atoms. The Kier molecular flexibility index (Phi) is 4.33. The van der Waals surface area contributed by atoms with Crippen molar-refractivity contribution in [3.05, 3.63) is 18.2 Å². The van der Waals surface area contributed by atoms with Crippen molar-refractivity contribution < 1.29 is 5.11 Å². The first-order chi connectivity index (χ1) is 7.88. The van der Waals surface area contributed by atoms with Crippen molar-refractivity contribution in [3.8, 4) is 0 Å². The standard InChI is InChI=1S/C11H20N4O/c16-5-4-15(7-10-2-1-3-13-10)8-11-6-12-9-14-11/h6,9-10,13,16H,1-5,7-8H2,(H,12,14). The Balaban J connectivity index is 1.83. The van der Waals surface area contributed by atoms with E-state index in [1.165, 1.54) is 12.8 Å². The molecule has 16 heavy (non-hydrogen) atoms. The molecule has 2 rings (SSSR count). The first-order valence-electron chi connectivity index (χ1n) is 5.92. The van der Waals surface area contributed by atoms with Gasteiger partial charge in [-0.3, -0.25) is 4.90 Å². The first kappa shape index (κ1) is 11.6. The maximum absolute atomic E-state index is 9.05. The van der Waals surface area contributed by atoms with Crippen LogP contribution in [0.2, 0.25) is 0 Å². The number of H-pyrrole nitrogens is 1. The molecule has 5 nitrogen and oxygen atoms in total. The molecule has 0 radical (unpaired) electrons. The lowest BCUT2D eigenvalue weighted by molar-refractivity contribution is 0.178. The molecule has 90 valence electrons. The molecular weight excluding hydrogens is 204 g/mol. The van der Waals surface area contributed by atoms with Gasteiger partial charge < -0.3 is 15.4 Å². The second-order valence-corrected chi connectivity index (χ2v) is 4.33. The van der Waals surface area contributed by atoms with E-state index in [1.807, 2.05) is 6.20 Å². The molecule has 5 heteroatoms. The zero-order valence-corrected chi connectivity index (χ0v) is 9.52. The van der Waals surface area contributed by atoms with Crippen LogP contribution in [-0.4, -0.2) is 52.3 Å². The van der Waals surface area contributed by atoms with Crippen LogP contribution >= 0.6 is 0 Å². The van der Waals surface area contributed by atoms with Crippen LogP contribution in [0.1, 0.15) is 18.5 Å². The van der Waals surface area contributed by atoms with Gasteiger partial charge in [0.1, 0.15) is 0 Å². The summed E-state index contributed by atoms with van der Waals surface area (Å²) in [6.07, 6.45) is 6.04. The highest BCUT2D eigenvalue weighted by Gasteiger charge is 2.17. The Morgan fingerprint density at radius 1 is 1.56 bits per heavy atom. The van der Waals surface area contributed by atoms with Crippen molar-refractivity contribution in [1.29, 1.82) is 0 Å². The highest BCUT2D eigenvalue weighted by Crippen LogP contribution is 2.08. The molecule has 2 heterocycles. The molecular formula is C11H20N4O. The first-order valence-corrected chi connectivity index (χ1v) is 5.92. The van der Waals surface area contributed by atoms with E-state index in [1.54, 1.807) is 6.33 Å². The second-order valence-electron chi connectivity index (χ2n) is 4.33. The third-order valence-electron chi connectivity index (χ3n) is 3.01. The predicted molar refractivity (Wildman–Crippen MR) is 62.0 cm³/mol.